The van der Waals surface area contributed by atoms with E-state index in [1.54, 1.807) is 6.20 Å². The van der Waals surface area contributed by atoms with Crippen LogP contribution in [0.3, 0.4) is 0 Å². The van der Waals surface area contributed by atoms with Crippen molar-refractivity contribution in [2.45, 2.75) is 20.4 Å². The Kier molecular flexibility index (Phi) is 2.84. The van der Waals surface area contributed by atoms with Gasteiger partial charge in [-0.2, -0.15) is 0 Å². The highest BCUT2D eigenvalue weighted by molar-refractivity contribution is 5.72. The molecule has 0 atom stereocenters. The van der Waals surface area contributed by atoms with Gasteiger partial charge in [-0.15, -0.1) is 0 Å². The maximum absolute atomic E-state index is 10.6. The van der Waals surface area contributed by atoms with Crippen molar-refractivity contribution in [2.75, 3.05) is 5.73 Å². The van der Waals surface area contributed by atoms with Gasteiger partial charge in [-0.05, 0) is 24.1 Å². The van der Waals surface area contributed by atoms with Crippen LogP contribution in [-0.4, -0.2) is 10.9 Å². The number of aryl methyl sites for hydroxylation is 1. The average molecular weight is 179 g/mol. The first kappa shape index (κ1) is 9.51. The number of rotatable bonds is 2. The van der Waals surface area contributed by atoms with Crippen molar-refractivity contribution >= 4 is 11.7 Å². The van der Waals surface area contributed by atoms with Crippen LogP contribution in [0.2, 0.25) is 0 Å². The molecule has 70 valence electrons. The first-order valence-corrected chi connectivity index (χ1v) is 4.05. The number of anilines is 1. The Balaban J connectivity index is 2.68. The van der Waals surface area contributed by atoms with E-state index >= 15 is 0 Å². The molecule has 0 bridgehead atoms. The number of nitrogen functional groups attached to an aromatic ring is 1. The number of pyridine rings is 1. The molecule has 0 fully saturated rings. The van der Waals surface area contributed by atoms with Crippen molar-refractivity contribution in [3.8, 4) is 0 Å². The van der Waals surface area contributed by atoms with Gasteiger partial charge in [0.05, 0.1) is 0 Å². The van der Waals surface area contributed by atoms with E-state index in [1.807, 2.05) is 13.0 Å². The van der Waals surface area contributed by atoms with Crippen molar-refractivity contribution in [1.29, 1.82) is 0 Å². The minimum absolute atomic E-state index is 0.0468. The quantitative estimate of drug-likeness (QED) is 0.698. The van der Waals surface area contributed by atoms with Crippen molar-refractivity contribution in [1.82, 2.24) is 10.3 Å². The molecule has 0 radical (unpaired) electrons. The fourth-order valence-corrected chi connectivity index (χ4v) is 0.967. The lowest BCUT2D eigenvalue weighted by molar-refractivity contribution is -0.119. The lowest BCUT2D eigenvalue weighted by Crippen LogP contribution is -2.19. The van der Waals surface area contributed by atoms with Crippen LogP contribution >= 0.6 is 0 Å². The number of nitrogens with zero attached hydrogens (tertiary/aromatic N) is 1. The Labute approximate surface area is 77.2 Å². The third-order valence-electron chi connectivity index (χ3n) is 1.72. The molecule has 0 aliphatic rings. The maximum Gasteiger partial charge on any atom is 0.217 e. The molecule has 13 heavy (non-hydrogen) atoms. The second-order valence-electron chi connectivity index (χ2n) is 2.96. The van der Waals surface area contributed by atoms with E-state index in [9.17, 15) is 4.79 Å². The van der Waals surface area contributed by atoms with Crippen LogP contribution in [0.4, 0.5) is 5.82 Å². The van der Waals surface area contributed by atoms with Gasteiger partial charge in [-0.25, -0.2) is 4.98 Å². The molecule has 0 saturated carbocycles. The number of nitrogens with two attached hydrogens (primary N) is 1. The van der Waals surface area contributed by atoms with Crippen LogP contribution in [-0.2, 0) is 11.3 Å². The zero-order valence-electron chi connectivity index (χ0n) is 7.79. The molecule has 1 aromatic rings. The second-order valence-corrected chi connectivity index (χ2v) is 2.96. The van der Waals surface area contributed by atoms with Gasteiger partial charge in [0.1, 0.15) is 5.82 Å². The Morgan fingerprint density at radius 3 is 2.92 bits per heavy atom. The zero-order valence-corrected chi connectivity index (χ0v) is 7.79. The minimum atomic E-state index is -0.0468. The van der Waals surface area contributed by atoms with Crippen LogP contribution in [0.15, 0.2) is 12.3 Å². The molecule has 3 N–H and O–H groups in total. The molecule has 0 aromatic carbocycles. The van der Waals surface area contributed by atoms with Crippen LogP contribution in [0.25, 0.3) is 0 Å². The Morgan fingerprint density at radius 1 is 1.69 bits per heavy atom. The summed E-state index contributed by atoms with van der Waals surface area (Å²) < 4.78 is 0. The number of nitrogens with one attached hydrogen (secondary N) is 1. The Morgan fingerprint density at radius 2 is 2.38 bits per heavy atom. The van der Waals surface area contributed by atoms with E-state index in [-0.39, 0.29) is 5.91 Å². The number of hydrogen-bond donors (Lipinski definition) is 2. The summed E-state index contributed by atoms with van der Waals surface area (Å²) in [5, 5.41) is 2.69. The van der Waals surface area contributed by atoms with Crippen molar-refractivity contribution in [2.24, 2.45) is 0 Å². The predicted molar refractivity (Wildman–Crippen MR) is 50.9 cm³/mol. The molecule has 1 amide bonds. The topological polar surface area (TPSA) is 68.0 Å². The molecule has 4 nitrogen and oxygen atoms in total. The van der Waals surface area contributed by atoms with Crippen LogP contribution in [0.5, 0.6) is 0 Å². The second kappa shape index (κ2) is 3.89. The summed E-state index contributed by atoms with van der Waals surface area (Å²) in [4.78, 5) is 14.6. The van der Waals surface area contributed by atoms with Crippen LogP contribution < -0.4 is 11.1 Å². The molecule has 0 saturated heterocycles. The van der Waals surface area contributed by atoms with Crippen LogP contribution in [0, 0.1) is 6.92 Å². The van der Waals surface area contributed by atoms with Crippen molar-refractivity contribution in [3.63, 3.8) is 0 Å². The molecule has 1 aromatic heterocycles. The highest BCUT2D eigenvalue weighted by Crippen LogP contribution is 2.08. The van der Waals surface area contributed by atoms with E-state index < -0.39 is 0 Å². The van der Waals surface area contributed by atoms with E-state index in [2.05, 4.69) is 10.3 Å². The number of amides is 1. The molecule has 1 heterocycles. The predicted octanol–water partition coefficient (Wildman–Crippen LogP) is 0.608. The van der Waals surface area contributed by atoms with Gasteiger partial charge < -0.3 is 11.1 Å². The first-order chi connectivity index (χ1) is 6.09. The van der Waals surface area contributed by atoms with E-state index in [1.165, 1.54) is 6.92 Å². The molecule has 0 unspecified atom stereocenters. The number of aromatic nitrogens is 1. The first-order valence-electron chi connectivity index (χ1n) is 4.05. The van der Waals surface area contributed by atoms with Gasteiger partial charge in [0, 0.05) is 19.7 Å². The summed E-state index contributed by atoms with van der Waals surface area (Å²) in [5.74, 6) is 0.487. The van der Waals surface area contributed by atoms with Gasteiger partial charge >= 0.3 is 0 Å². The van der Waals surface area contributed by atoms with Crippen LogP contribution in [0.1, 0.15) is 18.1 Å². The van der Waals surface area contributed by atoms with Gasteiger partial charge in [-0.3, -0.25) is 4.79 Å². The third kappa shape index (κ3) is 2.74. The maximum atomic E-state index is 10.6. The van der Waals surface area contributed by atoms with E-state index in [0.29, 0.717) is 12.4 Å². The molecule has 4 heteroatoms. The fraction of sp³-hybridized carbons (Fsp3) is 0.333. The number of carbonyl (C=O) groups excluding carboxylic acids is 1. The largest absolute Gasteiger partial charge is 0.383 e. The summed E-state index contributed by atoms with van der Waals surface area (Å²) in [6.45, 7) is 3.88. The summed E-state index contributed by atoms with van der Waals surface area (Å²) in [7, 11) is 0. The van der Waals surface area contributed by atoms with Crippen molar-refractivity contribution in [3.05, 3.63) is 23.4 Å². The highest BCUT2D eigenvalue weighted by Gasteiger charge is 1.98. The smallest absolute Gasteiger partial charge is 0.217 e. The summed E-state index contributed by atoms with van der Waals surface area (Å²) in [5.41, 5.74) is 7.44. The average Bonchev–Trinajstić information content (AvgIpc) is 2.07. The highest BCUT2D eigenvalue weighted by atomic mass is 16.1. The Hall–Kier alpha value is -1.58. The lowest BCUT2D eigenvalue weighted by Gasteiger charge is -2.04. The fourth-order valence-electron chi connectivity index (χ4n) is 0.967. The molecular formula is C9H13N3O. The molecular weight excluding hydrogens is 166 g/mol. The number of carbonyl (C=O) groups is 1. The zero-order chi connectivity index (χ0) is 9.84. The molecule has 0 aliphatic carbocycles. The van der Waals surface area contributed by atoms with Gasteiger partial charge in [0.25, 0.3) is 0 Å². The van der Waals surface area contributed by atoms with E-state index in [4.69, 9.17) is 5.73 Å². The molecule has 0 spiro atoms. The summed E-state index contributed by atoms with van der Waals surface area (Å²) in [6.07, 6.45) is 1.66. The van der Waals surface area contributed by atoms with Gasteiger partial charge in [0.2, 0.25) is 5.91 Å². The van der Waals surface area contributed by atoms with Crippen molar-refractivity contribution < 1.29 is 4.79 Å². The number of hydrogen-bond acceptors (Lipinski definition) is 3. The molecule has 1 rings (SSSR count). The van der Waals surface area contributed by atoms with Gasteiger partial charge in [-0.1, -0.05) is 0 Å². The standard InChI is InChI=1S/C9H13N3O/c1-6-3-8(4-11-7(2)13)5-12-9(6)10/h3,5H,4H2,1-2H3,(H2,10,12)(H,11,13). The lowest BCUT2D eigenvalue weighted by atomic mass is 10.2. The minimum Gasteiger partial charge on any atom is -0.383 e. The SMILES string of the molecule is CC(=O)NCc1cnc(N)c(C)c1. The normalized spacial score (nSPS) is 9.69. The van der Waals surface area contributed by atoms with E-state index in [0.717, 1.165) is 11.1 Å². The summed E-state index contributed by atoms with van der Waals surface area (Å²) in [6, 6.07) is 1.91. The third-order valence-corrected chi connectivity index (χ3v) is 1.72. The summed E-state index contributed by atoms with van der Waals surface area (Å²) >= 11 is 0. The molecule has 0 aliphatic heterocycles. The Bertz CT molecular complexity index is 323. The van der Waals surface area contributed by atoms with Gasteiger partial charge in [0.15, 0.2) is 0 Å². The monoisotopic (exact) mass is 179 g/mol.